The van der Waals surface area contributed by atoms with Crippen LogP contribution in [0.3, 0.4) is 0 Å². The number of aliphatic hydroxyl groups is 1. The number of nitrogens with one attached hydrogen (secondary N) is 1. The van der Waals surface area contributed by atoms with E-state index in [1.165, 1.54) is 0 Å². The summed E-state index contributed by atoms with van der Waals surface area (Å²) in [6.07, 6.45) is 2.20. The zero-order chi connectivity index (χ0) is 16.0. The SMILES string of the molecule is CCC(O)C1(NC(=O)O)CC2CC[C@]1(c1ccccc1Cl)C2. The van der Waals surface area contributed by atoms with Gasteiger partial charge in [0, 0.05) is 10.4 Å². The van der Waals surface area contributed by atoms with Crippen LogP contribution in [0.2, 0.25) is 5.02 Å². The van der Waals surface area contributed by atoms with Gasteiger partial charge in [0.15, 0.2) is 0 Å². The van der Waals surface area contributed by atoms with E-state index in [1.807, 2.05) is 31.2 Å². The molecule has 1 aromatic carbocycles. The Morgan fingerprint density at radius 2 is 2.18 bits per heavy atom. The van der Waals surface area contributed by atoms with Gasteiger partial charge in [-0.25, -0.2) is 4.79 Å². The molecule has 5 heteroatoms. The molecule has 0 spiro atoms. The van der Waals surface area contributed by atoms with Crippen LogP contribution < -0.4 is 5.32 Å². The molecule has 1 amide bonds. The summed E-state index contributed by atoms with van der Waals surface area (Å²) in [6, 6.07) is 7.65. The Bertz CT molecular complexity index is 593. The molecule has 22 heavy (non-hydrogen) atoms. The Morgan fingerprint density at radius 1 is 1.45 bits per heavy atom. The van der Waals surface area contributed by atoms with Crippen LogP contribution in [0.4, 0.5) is 4.79 Å². The van der Waals surface area contributed by atoms with E-state index in [-0.39, 0.29) is 0 Å². The number of fused-ring (bicyclic) bond motifs is 2. The summed E-state index contributed by atoms with van der Waals surface area (Å²) in [7, 11) is 0. The van der Waals surface area contributed by atoms with Gasteiger partial charge in [0.25, 0.3) is 0 Å². The smallest absolute Gasteiger partial charge is 0.405 e. The average molecular weight is 324 g/mol. The largest absolute Gasteiger partial charge is 0.465 e. The molecular weight excluding hydrogens is 302 g/mol. The lowest BCUT2D eigenvalue weighted by molar-refractivity contribution is 0.00629. The first-order chi connectivity index (χ1) is 10.4. The Hall–Kier alpha value is -1.26. The van der Waals surface area contributed by atoms with Crippen molar-refractivity contribution in [3.8, 4) is 0 Å². The van der Waals surface area contributed by atoms with E-state index in [1.54, 1.807) is 0 Å². The topological polar surface area (TPSA) is 69.6 Å². The number of halogens is 1. The molecule has 0 aliphatic heterocycles. The van der Waals surface area contributed by atoms with E-state index in [0.29, 0.717) is 23.8 Å². The summed E-state index contributed by atoms with van der Waals surface area (Å²) in [5, 5.41) is 23.5. The fourth-order valence-corrected chi connectivity index (χ4v) is 5.28. The highest BCUT2D eigenvalue weighted by Gasteiger charge is 2.66. The van der Waals surface area contributed by atoms with Gasteiger partial charge in [-0.15, -0.1) is 0 Å². The van der Waals surface area contributed by atoms with Gasteiger partial charge >= 0.3 is 6.09 Å². The molecule has 2 saturated carbocycles. The van der Waals surface area contributed by atoms with Crippen LogP contribution in [0, 0.1) is 5.92 Å². The van der Waals surface area contributed by atoms with E-state index in [4.69, 9.17) is 11.6 Å². The van der Waals surface area contributed by atoms with Gasteiger partial charge in [0.05, 0.1) is 11.6 Å². The molecular formula is C17H22ClNO3. The lowest BCUT2D eigenvalue weighted by atomic mass is 9.62. The maximum Gasteiger partial charge on any atom is 0.405 e. The van der Waals surface area contributed by atoms with E-state index in [9.17, 15) is 15.0 Å². The first-order valence-electron chi connectivity index (χ1n) is 7.89. The zero-order valence-corrected chi connectivity index (χ0v) is 13.4. The number of carboxylic acid groups (broad SMARTS) is 1. The fourth-order valence-electron chi connectivity index (χ4n) is 4.96. The second kappa shape index (κ2) is 5.43. The lowest BCUT2D eigenvalue weighted by Crippen LogP contribution is -2.66. The van der Waals surface area contributed by atoms with Crippen molar-refractivity contribution in [3.05, 3.63) is 34.9 Å². The minimum Gasteiger partial charge on any atom is -0.465 e. The average Bonchev–Trinajstić information content (AvgIpc) is 3.03. The maximum atomic E-state index is 11.5. The van der Waals surface area contributed by atoms with Crippen LogP contribution in [0.15, 0.2) is 24.3 Å². The van der Waals surface area contributed by atoms with Gasteiger partial charge in [-0.1, -0.05) is 36.7 Å². The van der Waals surface area contributed by atoms with Crippen molar-refractivity contribution in [2.75, 3.05) is 0 Å². The molecule has 120 valence electrons. The van der Waals surface area contributed by atoms with Crippen LogP contribution in [-0.4, -0.2) is 27.9 Å². The van der Waals surface area contributed by atoms with Crippen LogP contribution >= 0.6 is 11.6 Å². The van der Waals surface area contributed by atoms with Gasteiger partial charge in [-0.05, 0) is 49.7 Å². The van der Waals surface area contributed by atoms with E-state index in [2.05, 4.69) is 5.32 Å². The van der Waals surface area contributed by atoms with Crippen LogP contribution in [-0.2, 0) is 5.41 Å². The standard InChI is InChI=1S/C17H22ClNO3/c1-2-14(20)17(19-15(21)22)10-11-7-8-16(17,9-11)12-5-3-4-6-13(12)18/h3-6,11,14,19-20H,2,7-10H2,1H3,(H,21,22)/t11?,14?,16-,17?/m1/s1. The van der Waals surface area contributed by atoms with Crippen LogP contribution in [0.5, 0.6) is 0 Å². The third kappa shape index (κ3) is 2.04. The van der Waals surface area contributed by atoms with E-state index in [0.717, 1.165) is 24.8 Å². The number of hydrogen-bond donors (Lipinski definition) is 3. The highest BCUT2D eigenvalue weighted by atomic mass is 35.5. The second-order valence-corrected chi connectivity index (χ2v) is 7.11. The fraction of sp³-hybridized carbons (Fsp3) is 0.588. The number of amides is 1. The molecule has 4 nitrogen and oxygen atoms in total. The number of benzene rings is 1. The number of hydrogen-bond acceptors (Lipinski definition) is 2. The highest BCUT2D eigenvalue weighted by Crippen LogP contribution is 2.63. The molecule has 2 bridgehead atoms. The van der Waals surface area contributed by atoms with Crippen molar-refractivity contribution in [1.29, 1.82) is 0 Å². The lowest BCUT2D eigenvalue weighted by Gasteiger charge is -2.50. The van der Waals surface area contributed by atoms with Gasteiger partial charge in [-0.3, -0.25) is 0 Å². The monoisotopic (exact) mass is 323 g/mol. The number of aliphatic hydroxyl groups excluding tert-OH is 1. The molecule has 1 aromatic rings. The Balaban J connectivity index is 2.17. The molecule has 0 aromatic heterocycles. The third-order valence-electron chi connectivity index (χ3n) is 5.76. The second-order valence-electron chi connectivity index (χ2n) is 6.70. The van der Waals surface area contributed by atoms with Crippen molar-refractivity contribution in [3.63, 3.8) is 0 Å². The summed E-state index contributed by atoms with van der Waals surface area (Å²) < 4.78 is 0. The summed E-state index contributed by atoms with van der Waals surface area (Å²) in [5.74, 6) is 0.435. The number of rotatable bonds is 4. The predicted molar refractivity (Wildman–Crippen MR) is 85.3 cm³/mol. The normalized spacial score (nSPS) is 34.6. The molecule has 3 N–H and O–H groups in total. The molecule has 4 atom stereocenters. The third-order valence-corrected chi connectivity index (χ3v) is 6.09. The van der Waals surface area contributed by atoms with E-state index < -0.39 is 23.2 Å². The summed E-state index contributed by atoms with van der Waals surface area (Å²) in [4.78, 5) is 11.5. The van der Waals surface area contributed by atoms with Crippen LogP contribution in [0.1, 0.15) is 44.6 Å². The molecule has 0 heterocycles. The molecule has 0 radical (unpaired) electrons. The summed E-state index contributed by atoms with van der Waals surface area (Å²) >= 11 is 6.45. The van der Waals surface area contributed by atoms with Crippen molar-refractivity contribution in [1.82, 2.24) is 5.32 Å². The van der Waals surface area contributed by atoms with Gasteiger partial charge < -0.3 is 15.5 Å². The van der Waals surface area contributed by atoms with Crippen molar-refractivity contribution in [2.24, 2.45) is 5.92 Å². The van der Waals surface area contributed by atoms with Gasteiger partial charge in [0.2, 0.25) is 0 Å². The molecule has 2 aliphatic rings. The minimum atomic E-state index is -1.08. The molecule has 3 rings (SSSR count). The highest BCUT2D eigenvalue weighted by molar-refractivity contribution is 6.31. The maximum absolute atomic E-state index is 11.5. The summed E-state index contributed by atoms with van der Waals surface area (Å²) in [6.45, 7) is 1.89. The Morgan fingerprint density at radius 3 is 2.77 bits per heavy atom. The minimum absolute atomic E-state index is 0.413. The van der Waals surface area contributed by atoms with Crippen molar-refractivity contribution < 1.29 is 15.0 Å². The molecule has 2 fully saturated rings. The predicted octanol–water partition coefficient (Wildman–Crippen LogP) is 3.56. The molecule has 2 aliphatic carbocycles. The molecule has 3 unspecified atom stereocenters. The Kier molecular flexibility index (Phi) is 3.86. The van der Waals surface area contributed by atoms with Gasteiger partial charge in [0.1, 0.15) is 0 Å². The Labute approximate surface area is 135 Å². The first kappa shape index (κ1) is 15.6. The van der Waals surface area contributed by atoms with Crippen molar-refractivity contribution in [2.45, 2.75) is 56.1 Å². The van der Waals surface area contributed by atoms with Crippen molar-refractivity contribution >= 4 is 17.7 Å². The van der Waals surface area contributed by atoms with Crippen LogP contribution in [0.25, 0.3) is 0 Å². The molecule has 0 saturated heterocycles. The zero-order valence-electron chi connectivity index (χ0n) is 12.7. The van der Waals surface area contributed by atoms with E-state index >= 15 is 0 Å². The number of carbonyl (C=O) groups is 1. The first-order valence-corrected chi connectivity index (χ1v) is 8.27. The van der Waals surface area contributed by atoms with Gasteiger partial charge in [-0.2, -0.15) is 0 Å². The summed E-state index contributed by atoms with van der Waals surface area (Å²) in [5.41, 5.74) is -0.288. The quantitative estimate of drug-likeness (QED) is 0.793.